The highest BCUT2D eigenvalue weighted by atomic mass is 16.3. The van der Waals surface area contributed by atoms with Crippen molar-refractivity contribution in [1.29, 1.82) is 0 Å². The summed E-state index contributed by atoms with van der Waals surface area (Å²) in [5, 5.41) is 58.6. The second kappa shape index (κ2) is 10.6. The summed E-state index contributed by atoms with van der Waals surface area (Å²) in [6.45, 7) is 4.26. The summed E-state index contributed by atoms with van der Waals surface area (Å²) in [6.07, 6.45) is 3.56. The third kappa shape index (κ3) is 6.02. The zero-order chi connectivity index (χ0) is 20.6. The van der Waals surface area contributed by atoms with E-state index in [0.717, 1.165) is 0 Å². The van der Waals surface area contributed by atoms with Gasteiger partial charge in [-0.1, -0.05) is 0 Å². The lowest BCUT2D eigenvalue weighted by Gasteiger charge is -2.13. The molecule has 1 aromatic carbocycles. The van der Waals surface area contributed by atoms with Crippen molar-refractivity contribution >= 4 is 18.6 Å². The summed E-state index contributed by atoms with van der Waals surface area (Å²) in [4.78, 5) is 12.1. The number of phenols is 3. The SMILES string of the molecule is C[C@@H](CO)N=Cc1c(O)c(C=N[C@@H](C)CO)c(O)c(C=N[C@@H](C)CO)c1O. The number of aliphatic imine (C=N–C) groups is 3. The number of hydrogen-bond acceptors (Lipinski definition) is 9. The standard InChI is InChI=1S/C18H27N3O6/c1-10(7-22)19-4-13-16(25)14(5-20-11(2)8-23)18(27)15(17(13)26)6-21-12(3)9-24/h4-6,10-12,22-27H,7-9H2,1-3H3/t10-,11-,12-/m0/s1. The van der Waals surface area contributed by atoms with Crippen LogP contribution in [0.25, 0.3) is 0 Å². The number of aliphatic hydroxyl groups excluding tert-OH is 3. The molecule has 0 aliphatic rings. The molecule has 1 rings (SSSR count). The molecule has 9 heteroatoms. The van der Waals surface area contributed by atoms with Gasteiger partial charge in [0.05, 0.1) is 54.6 Å². The van der Waals surface area contributed by atoms with E-state index in [0.29, 0.717) is 0 Å². The molecule has 0 radical (unpaired) electrons. The van der Waals surface area contributed by atoms with Crippen molar-refractivity contribution < 1.29 is 30.6 Å². The first kappa shape index (κ1) is 22.6. The fraction of sp³-hybridized carbons (Fsp3) is 0.500. The van der Waals surface area contributed by atoms with E-state index in [9.17, 15) is 15.3 Å². The van der Waals surface area contributed by atoms with Crippen LogP contribution >= 0.6 is 0 Å². The molecule has 6 N–H and O–H groups in total. The summed E-state index contributed by atoms with van der Waals surface area (Å²) >= 11 is 0. The van der Waals surface area contributed by atoms with Gasteiger partial charge in [0.25, 0.3) is 0 Å². The Morgan fingerprint density at radius 1 is 0.593 bits per heavy atom. The predicted octanol–water partition coefficient (Wildman–Crippen LogP) is 0.203. The van der Waals surface area contributed by atoms with Crippen molar-refractivity contribution in [2.75, 3.05) is 19.8 Å². The summed E-state index contributed by atoms with van der Waals surface area (Å²) in [7, 11) is 0. The first-order valence-electron chi connectivity index (χ1n) is 8.49. The van der Waals surface area contributed by atoms with Crippen molar-refractivity contribution in [3.8, 4) is 17.2 Å². The van der Waals surface area contributed by atoms with E-state index in [1.165, 1.54) is 18.6 Å². The van der Waals surface area contributed by atoms with Gasteiger partial charge in [-0.05, 0) is 20.8 Å². The lowest BCUT2D eigenvalue weighted by Crippen LogP contribution is -2.07. The molecule has 0 heterocycles. The van der Waals surface area contributed by atoms with Crippen molar-refractivity contribution in [2.24, 2.45) is 15.0 Å². The minimum atomic E-state index is -0.462. The summed E-state index contributed by atoms with van der Waals surface area (Å²) < 4.78 is 0. The number of aliphatic hydroxyl groups is 3. The second-order valence-corrected chi connectivity index (χ2v) is 6.22. The van der Waals surface area contributed by atoms with Gasteiger partial charge in [0.15, 0.2) is 0 Å². The second-order valence-electron chi connectivity index (χ2n) is 6.22. The molecule has 0 saturated heterocycles. The maximum atomic E-state index is 10.5. The van der Waals surface area contributed by atoms with Gasteiger partial charge >= 0.3 is 0 Å². The number of benzene rings is 1. The van der Waals surface area contributed by atoms with Crippen LogP contribution in [0.2, 0.25) is 0 Å². The topological polar surface area (TPSA) is 158 Å². The number of phenolic OH excluding ortho intramolecular Hbond substituents is 3. The van der Waals surface area contributed by atoms with Gasteiger partial charge in [0.1, 0.15) is 17.2 Å². The van der Waals surface area contributed by atoms with Crippen LogP contribution in [-0.2, 0) is 0 Å². The Hall–Kier alpha value is -2.49. The molecule has 0 unspecified atom stereocenters. The van der Waals surface area contributed by atoms with Gasteiger partial charge in [0, 0.05) is 18.6 Å². The van der Waals surface area contributed by atoms with Crippen LogP contribution in [0.1, 0.15) is 37.5 Å². The molecular formula is C18H27N3O6. The Morgan fingerprint density at radius 2 is 0.815 bits per heavy atom. The molecule has 0 saturated carbocycles. The number of hydrogen-bond donors (Lipinski definition) is 6. The number of aromatic hydroxyl groups is 3. The highest BCUT2D eigenvalue weighted by Gasteiger charge is 2.21. The number of rotatable bonds is 9. The maximum Gasteiger partial charge on any atom is 0.140 e. The molecule has 9 nitrogen and oxygen atoms in total. The van der Waals surface area contributed by atoms with E-state index in [4.69, 9.17) is 15.3 Å². The predicted molar refractivity (Wildman–Crippen MR) is 104 cm³/mol. The van der Waals surface area contributed by atoms with Gasteiger partial charge in [-0.25, -0.2) is 0 Å². The summed E-state index contributed by atoms with van der Waals surface area (Å²) in [5.74, 6) is -1.37. The van der Waals surface area contributed by atoms with Crippen molar-refractivity contribution in [3.05, 3.63) is 16.7 Å². The maximum absolute atomic E-state index is 10.5. The largest absolute Gasteiger partial charge is 0.506 e. The number of nitrogens with zero attached hydrogens (tertiary/aromatic N) is 3. The minimum absolute atomic E-state index is 0.0793. The molecular weight excluding hydrogens is 354 g/mol. The minimum Gasteiger partial charge on any atom is -0.506 e. The van der Waals surface area contributed by atoms with Gasteiger partial charge in [-0.15, -0.1) is 0 Å². The Labute approximate surface area is 157 Å². The quantitative estimate of drug-likeness (QED) is 0.335. The van der Waals surface area contributed by atoms with Gasteiger partial charge < -0.3 is 30.6 Å². The third-order valence-electron chi connectivity index (χ3n) is 3.70. The summed E-state index contributed by atoms with van der Waals surface area (Å²) in [5.41, 5.74) is -0.238. The molecule has 0 spiro atoms. The molecule has 27 heavy (non-hydrogen) atoms. The van der Waals surface area contributed by atoms with E-state index in [-0.39, 0.29) is 36.5 Å². The Morgan fingerprint density at radius 3 is 1.00 bits per heavy atom. The van der Waals surface area contributed by atoms with Crippen LogP contribution in [0.3, 0.4) is 0 Å². The van der Waals surface area contributed by atoms with E-state index in [1.807, 2.05) is 0 Å². The van der Waals surface area contributed by atoms with Crippen LogP contribution in [0.5, 0.6) is 17.2 Å². The van der Waals surface area contributed by atoms with Crippen LogP contribution in [0.4, 0.5) is 0 Å². The first-order chi connectivity index (χ1) is 12.8. The molecule has 150 valence electrons. The third-order valence-corrected chi connectivity index (χ3v) is 3.70. The Bertz CT molecular complexity index is 601. The highest BCUT2D eigenvalue weighted by molar-refractivity contribution is 6.03. The van der Waals surface area contributed by atoms with Gasteiger partial charge in [-0.3, -0.25) is 15.0 Å². The normalized spacial score (nSPS) is 15.8. The molecule has 0 amide bonds. The molecule has 0 aliphatic carbocycles. The first-order valence-corrected chi connectivity index (χ1v) is 8.49. The summed E-state index contributed by atoms with van der Waals surface area (Å²) in [6, 6.07) is -1.39. The molecule has 0 bridgehead atoms. The van der Waals surface area contributed by atoms with Gasteiger partial charge in [0.2, 0.25) is 0 Å². The van der Waals surface area contributed by atoms with E-state index >= 15 is 0 Å². The van der Waals surface area contributed by atoms with Crippen molar-refractivity contribution in [2.45, 2.75) is 38.9 Å². The molecule has 3 atom stereocenters. The van der Waals surface area contributed by atoms with E-state index in [1.54, 1.807) is 20.8 Å². The fourth-order valence-electron chi connectivity index (χ4n) is 1.89. The van der Waals surface area contributed by atoms with Crippen molar-refractivity contribution in [1.82, 2.24) is 0 Å². The molecule has 1 aromatic rings. The van der Waals surface area contributed by atoms with Crippen LogP contribution in [0, 0.1) is 0 Å². The van der Waals surface area contributed by atoms with Gasteiger partial charge in [-0.2, -0.15) is 0 Å². The monoisotopic (exact) mass is 381 g/mol. The molecule has 0 fully saturated rings. The van der Waals surface area contributed by atoms with Crippen LogP contribution < -0.4 is 0 Å². The Kier molecular flexibility index (Phi) is 8.86. The molecule has 0 aromatic heterocycles. The smallest absolute Gasteiger partial charge is 0.140 e. The zero-order valence-corrected chi connectivity index (χ0v) is 15.6. The lowest BCUT2D eigenvalue weighted by atomic mass is 10.0. The zero-order valence-electron chi connectivity index (χ0n) is 15.6. The average Bonchev–Trinajstić information content (AvgIpc) is 2.66. The molecule has 0 aliphatic heterocycles. The lowest BCUT2D eigenvalue weighted by molar-refractivity contribution is 0.274. The highest BCUT2D eigenvalue weighted by Crippen LogP contribution is 2.39. The van der Waals surface area contributed by atoms with Crippen LogP contribution in [-0.4, -0.2) is 87.2 Å². The average molecular weight is 381 g/mol. The van der Waals surface area contributed by atoms with E-state index < -0.39 is 35.4 Å². The van der Waals surface area contributed by atoms with Crippen LogP contribution in [0.15, 0.2) is 15.0 Å². The Balaban J connectivity index is 3.59. The fourth-order valence-corrected chi connectivity index (χ4v) is 1.89. The van der Waals surface area contributed by atoms with Crippen molar-refractivity contribution in [3.63, 3.8) is 0 Å². The van der Waals surface area contributed by atoms with E-state index in [2.05, 4.69) is 15.0 Å².